The number of carboxylic acids is 1. The van der Waals surface area contributed by atoms with Crippen LogP contribution in [0.3, 0.4) is 0 Å². The number of nitrogens with two attached hydrogens (primary N) is 1. The van der Waals surface area contributed by atoms with Crippen LogP contribution in [0.2, 0.25) is 0 Å². The van der Waals surface area contributed by atoms with Crippen molar-refractivity contribution in [2.24, 2.45) is 35.3 Å². The maximum atomic E-state index is 14.2. The van der Waals surface area contributed by atoms with Gasteiger partial charge in [-0.3, -0.25) is 38.4 Å². The minimum atomic E-state index is -1.26. The van der Waals surface area contributed by atoms with Gasteiger partial charge in [0.15, 0.2) is 0 Å². The molecule has 9 atom stereocenters. The lowest BCUT2D eigenvalue weighted by molar-refractivity contribution is -0.142. The summed E-state index contributed by atoms with van der Waals surface area (Å²) in [5, 5.41) is 31.2. The zero-order valence-corrected chi connectivity index (χ0v) is 44.5. The molecule has 72 heavy (non-hydrogen) atoms. The van der Waals surface area contributed by atoms with Crippen LogP contribution in [0.5, 0.6) is 0 Å². The van der Waals surface area contributed by atoms with Crippen LogP contribution < -0.4 is 48.3 Å². The predicted molar refractivity (Wildman–Crippen MR) is 272 cm³/mol. The number of carbonyl (C=O) groups is 9. The fraction of sp³-hybridized carbons (Fsp3) is 0.688. The summed E-state index contributed by atoms with van der Waals surface area (Å²) >= 11 is 4.20. The summed E-state index contributed by atoms with van der Waals surface area (Å²) in [4.78, 5) is 135. The van der Waals surface area contributed by atoms with Gasteiger partial charge in [-0.25, -0.2) is 14.8 Å². The Morgan fingerprint density at radius 3 is 1.11 bits per heavy atom. The molecule has 0 spiro atoms. The molecule has 0 radical (unpaired) electrons. The second kappa shape index (κ2) is 30.8. The standard InChI is InChI=1S/C48H81N13O10S/c1-24(2)12-33(55-40(62)29(11)54-47(69)39(21-72)61-41(63)32(49)17-30-19-50-22-52-30)42(64)56-34(13-25(3)4)43(65)57-35(14-26(5)6)44(66)58-36(15-27(7)8)45(67)59-37(18-31-20-51-23-53-31)46(68)60-38(48(70)71)16-28(9)10/h19-20,22-29,32-39,72H,12-18,21,49H2,1-11H3,(H,50,52)(H,51,53)(H,54,69)(H,55,62)(H,56,64)(H,57,65)(H,58,66)(H,59,67)(H,60,68)(H,61,63)(H,70,71)/t29-,32-,33-,34-,35-,36-,37-,38-,39-/m0/s1. The molecule has 0 saturated heterocycles. The number of hydrogen-bond acceptors (Lipinski definition) is 13. The monoisotopic (exact) mass is 1030 g/mol. The molecular formula is C48H81N13O10S. The Morgan fingerprint density at radius 2 is 0.764 bits per heavy atom. The van der Waals surface area contributed by atoms with E-state index in [9.17, 15) is 48.3 Å². The molecule has 404 valence electrons. The number of thiol groups is 1. The number of aliphatic carboxylic acids is 1. The Bertz CT molecular complexity index is 2070. The first-order valence-electron chi connectivity index (χ1n) is 24.7. The lowest BCUT2D eigenvalue weighted by atomic mass is 9.97. The Kier molecular flexibility index (Phi) is 26.5. The highest BCUT2D eigenvalue weighted by Crippen LogP contribution is 2.14. The number of nitrogens with zero attached hydrogens (tertiary/aromatic N) is 2. The van der Waals surface area contributed by atoms with Gasteiger partial charge >= 0.3 is 5.97 Å². The number of rotatable bonds is 32. The van der Waals surface area contributed by atoms with Crippen LogP contribution in [0.4, 0.5) is 0 Å². The average Bonchev–Trinajstić information content (AvgIpc) is 4.00. The predicted octanol–water partition coefficient (Wildman–Crippen LogP) is 0.388. The third-order valence-corrected chi connectivity index (χ3v) is 11.6. The Labute approximate surface area is 428 Å². The summed E-state index contributed by atoms with van der Waals surface area (Å²) in [5.41, 5.74) is 7.13. The minimum absolute atomic E-state index is 0.0627. The normalized spacial score (nSPS) is 15.3. The maximum absolute atomic E-state index is 14.2. The molecule has 23 nitrogen and oxygen atoms in total. The molecule has 0 aliphatic rings. The van der Waals surface area contributed by atoms with E-state index in [2.05, 4.69) is 75.1 Å². The van der Waals surface area contributed by atoms with E-state index in [1.165, 1.54) is 32.0 Å². The van der Waals surface area contributed by atoms with E-state index in [0.29, 0.717) is 11.4 Å². The van der Waals surface area contributed by atoms with Crippen LogP contribution in [0.15, 0.2) is 25.0 Å². The summed E-state index contributed by atoms with van der Waals surface area (Å²) in [6.07, 6.45) is 6.61. The van der Waals surface area contributed by atoms with Gasteiger partial charge in [0.05, 0.1) is 18.7 Å². The molecule has 0 aromatic carbocycles. The van der Waals surface area contributed by atoms with Crippen molar-refractivity contribution in [2.45, 2.75) is 175 Å². The van der Waals surface area contributed by atoms with Crippen LogP contribution in [-0.4, -0.2) is 138 Å². The molecule has 2 heterocycles. The van der Waals surface area contributed by atoms with Gasteiger partial charge in [0.25, 0.3) is 0 Å². The van der Waals surface area contributed by atoms with E-state index in [1.807, 2.05) is 69.2 Å². The van der Waals surface area contributed by atoms with Crippen molar-refractivity contribution < 1.29 is 48.3 Å². The molecule has 2 aromatic heterocycles. The van der Waals surface area contributed by atoms with Gasteiger partial charge in [-0.15, -0.1) is 0 Å². The number of carbonyl (C=O) groups excluding carboxylic acids is 8. The van der Waals surface area contributed by atoms with Crippen molar-refractivity contribution in [3.05, 3.63) is 36.4 Å². The number of nitrogens with one attached hydrogen (secondary N) is 10. The lowest BCUT2D eigenvalue weighted by Gasteiger charge is -2.29. The van der Waals surface area contributed by atoms with Gasteiger partial charge in [-0.05, 0) is 68.6 Å². The molecule has 2 aromatic rings. The van der Waals surface area contributed by atoms with Gasteiger partial charge in [-0.2, -0.15) is 12.6 Å². The first-order chi connectivity index (χ1) is 33.7. The first-order valence-corrected chi connectivity index (χ1v) is 25.3. The number of H-pyrrole nitrogens is 2. The van der Waals surface area contributed by atoms with Crippen LogP contribution in [0.25, 0.3) is 0 Å². The highest BCUT2D eigenvalue weighted by atomic mass is 32.1. The fourth-order valence-electron chi connectivity index (χ4n) is 7.57. The Hall–Kier alpha value is -6.04. The third-order valence-electron chi connectivity index (χ3n) is 11.2. The van der Waals surface area contributed by atoms with Gasteiger partial charge in [0, 0.05) is 42.4 Å². The van der Waals surface area contributed by atoms with Gasteiger partial charge < -0.3 is 63.3 Å². The highest BCUT2D eigenvalue weighted by Gasteiger charge is 2.35. The highest BCUT2D eigenvalue weighted by molar-refractivity contribution is 7.80. The summed E-state index contributed by atoms with van der Waals surface area (Å²) < 4.78 is 0. The number of imidazole rings is 2. The van der Waals surface area contributed by atoms with Gasteiger partial charge in [0.1, 0.15) is 48.3 Å². The molecule has 0 bridgehead atoms. The molecule has 13 N–H and O–H groups in total. The molecule has 0 aliphatic carbocycles. The van der Waals surface area contributed by atoms with Crippen LogP contribution >= 0.6 is 12.6 Å². The van der Waals surface area contributed by atoms with Crippen molar-refractivity contribution >= 4 is 65.9 Å². The molecule has 0 unspecified atom stereocenters. The lowest BCUT2D eigenvalue weighted by Crippen LogP contribution is -2.60. The van der Waals surface area contributed by atoms with E-state index in [-0.39, 0.29) is 80.3 Å². The summed E-state index contributed by atoms with van der Waals surface area (Å²) in [6.45, 7) is 19.8. The van der Waals surface area contributed by atoms with E-state index in [4.69, 9.17) is 5.73 Å². The van der Waals surface area contributed by atoms with Crippen LogP contribution in [0.1, 0.15) is 120 Å². The number of aromatic nitrogens is 4. The SMILES string of the molecule is CC(C)C[C@H](NC(=O)[C@H](Cc1cnc[nH]1)NC(=O)[C@H](CC(C)C)NC(=O)[C@H](CC(C)C)NC(=O)[C@H](CC(C)C)NC(=O)[C@H](CC(C)C)NC(=O)[C@H](C)NC(=O)[C@H](CS)NC(=O)[C@@H](N)Cc1cnc[nH]1)C(=O)O. The van der Waals surface area contributed by atoms with Gasteiger partial charge in [0.2, 0.25) is 47.3 Å². The van der Waals surface area contributed by atoms with Gasteiger partial charge in [-0.1, -0.05) is 69.2 Å². The quantitative estimate of drug-likeness (QED) is 0.0442. The molecule has 8 amide bonds. The molecule has 2 rings (SSSR count). The van der Waals surface area contributed by atoms with Crippen molar-refractivity contribution in [1.29, 1.82) is 0 Å². The fourth-order valence-corrected chi connectivity index (χ4v) is 7.82. The smallest absolute Gasteiger partial charge is 0.326 e. The largest absolute Gasteiger partial charge is 0.480 e. The number of amides is 8. The third kappa shape index (κ3) is 22.6. The second-order valence-corrected chi connectivity index (χ2v) is 20.9. The zero-order valence-electron chi connectivity index (χ0n) is 43.6. The van der Waals surface area contributed by atoms with Crippen molar-refractivity contribution in [3.63, 3.8) is 0 Å². The zero-order chi connectivity index (χ0) is 54.4. The summed E-state index contributed by atoms with van der Waals surface area (Å²) in [6, 6.07) is -10.5. The minimum Gasteiger partial charge on any atom is -0.480 e. The second-order valence-electron chi connectivity index (χ2n) is 20.5. The van der Waals surface area contributed by atoms with E-state index in [1.54, 1.807) is 0 Å². The molecule has 0 aliphatic heterocycles. The molecule has 0 fully saturated rings. The summed E-state index contributed by atoms with van der Waals surface area (Å²) in [7, 11) is 0. The first kappa shape index (κ1) is 62.1. The molecule has 24 heteroatoms. The Morgan fingerprint density at radius 1 is 0.458 bits per heavy atom. The van der Waals surface area contributed by atoms with Crippen LogP contribution in [0, 0.1) is 29.6 Å². The van der Waals surface area contributed by atoms with Crippen molar-refractivity contribution in [1.82, 2.24) is 62.5 Å². The average molecular weight is 1030 g/mol. The number of aromatic amines is 2. The van der Waals surface area contributed by atoms with Crippen LogP contribution in [-0.2, 0) is 56.0 Å². The summed E-state index contributed by atoms with van der Waals surface area (Å²) in [5.74, 6) is -7.50. The molecular weight excluding hydrogens is 951 g/mol. The topological polar surface area (TPSA) is 353 Å². The van der Waals surface area contributed by atoms with E-state index in [0.717, 1.165) is 0 Å². The maximum Gasteiger partial charge on any atom is 0.326 e. The number of hydrogen-bond donors (Lipinski definition) is 13. The van der Waals surface area contributed by atoms with Crippen molar-refractivity contribution in [3.8, 4) is 0 Å². The number of carboxylic acid groups (broad SMARTS) is 1. The van der Waals surface area contributed by atoms with Crippen molar-refractivity contribution in [2.75, 3.05) is 5.75 Å². The molecule has 0 saturated carbocycles. The Balaban J connectivity index is 2.28. The van der Waals surface area contributed by atoms with E-state index < -0.39 is 108 Å². The van der Waals surface area contributed by atoms with E-state index >= 15 is 0 Å².